The van der Waals surface area contributed by atoms with Crippen LogP contribution in [0.5, 0.6) is 0 Å². The molecule has 1 aromatic carbocycles. The predicted octanol–water partition coefficient (Wildman–Crippen LogP) is 1.69. The lowest BCUT2D eigenvalue weighted by Crippen LogP contribution is -2.55. The van der Waals surface area contributed by atoms with E-state index in [0.29, 0.717) is 26.1 Å². The van der Waals surface area contributed by atoms with Gasteiger partial charge in [0, 0.05) is 25.2 Å². The fourth-order valence-corrected chi connectivity index (χ4v) is 4.29. The zero-order valence-corrected chi connectivity index (χ0v) is 18.1. The van der Waals surface area contributed by atoms with Crippen molar-refractivity contribution in [1.82, 2.24) is 20.7 Å². The molecule has 2 unspecified atom stereocenters. The molecule has 5 N–H and O–H groups in total. The van der Waals surface area contributed by atoms with Gasteiger partial charge in [0.1, 0.15) is 11.9 Å². The first-order chi connectivity index (χ1) is 14.3. The SMILES string of the molecule is C=C/C=C(\CCN)C1=C(N2CCN(C)C(C(=O)O)C2)NNC1(C)c1ccc(C)cc1. The van der Waals surface area contributed by atoms with E-state index in [9.17, 15) is 9.90 Å². The molecular weight excluding hydrogens is 378 g/mol. The maximum atomic E-state index is 11.8. The Kier molecular flexibility index (Phi) is 6.65. The van der Waals surface area contributed by atoms with Crippen LogP contribution in [0.15, 0.2) is 60.0 Å². The molecular formula is C23H33N5O2. The summed E-state index contributed by atoms with van der Waals surface area (Å²) in [4.78, 5) is 15.8. The Morgan fingerprint density at radius 3 is 2.67 bits per heavy atom. The van der Waals surface area contributed by atoms with E-state index >= 15 is 0 Å². The maximum Gasteiger partial charge on any atom is 0.322 e. The van der Waals surface area contributed by atoms with E-state index in [1.165, 1.54) is 5.56 Å². The third-order valence-electron chi connectivity index (χ3n) is 6.10. The second kappa shape index (κ2) is 9.04. The van der Waals surface area contributed by atoms with Gasteiger partial charge < -0.3 is 21.2 Å². The molecule has 1 aromatic rings. The number of hydrazine groups is 1. The summed E-state index contributed by atoms with van der Waals surface area (Å²) in [5, 5.41) is 9.66. The number of piperazine rings is 1. The lowest BCUT2D eigenvalue weighted by atomic mass is 9.80. The van der Waals surface area contributed by atoms with Crippen LogP contribution in [0.2, 0.25) is 0 Å². The maximum absolute atomic E-state index is 11.8. The molecule has 0 aliphatic carbocycles. The highest BCUT2D eigenvalue weighted by Gasteiger charge is 2.43. The first-order valence-electron chi connectivity index (χ1n) is 10.4. The summed E-state index contributed by atoms with van der Waals surface area (Å²) in [5.41, 5.74) is 16.8. The number of nitrogens with two attached hydrogens (primary N) is 1. The number of hydrogen-bond acceptors (Lipinski definition) is 6. The molecule has 0 spiro atoms. The van der Waals surface area contributed by atoms with Crippen molar-refractivity contribution in [3.8, 4) is 0 Å². The number of aliphatic carboxylic acids is 1. The summed E-state index contributed by atoms with van der Waals surface area (Å²) >= 11 is 0. The Morgan fingerprint density at radius 2 is 2.07 bits per heavy atom. The van der Waals surface area contributed by atoms with Crippen LogP contribution >= 0.6 is 0 Å². The highest BCUT2D eigenvalue weighted by atomic mass is 16.4. The van der Waals surface area contributed by atoms with E-state index in [2.05, 4.69) is 60.4 Å². The normalized spacial score (nSPS) is 25.4. The molecule has 2 heterocycles. The molecule has 0 saturated carbocycles. The Labute approximate surface area is 178 Å². The van der Waals surface area contributed by atoms with Gasteiger partial charge in [-0.3, -0.25) is 9.69 Å². The van der Waals surface area contributed by atoms with E-state index < -0.39 is 17.6 Å². The van der Waals surface area contributed by atoms with Crippen molar-refractivity contribution >= 4 is 5.97 Å². The summed E-state index contributed by atoms with van der Waals surface area (Å²) in [6, 6.07) is 7.92. The lowest BCUT2D eigenvalue weighted by Gasteiger charge is -2.39. The van der Waals surface area contributed by atoms with Crippen LogP contribution < -0.4 is 16.6 Å². The number of allylic oxidation sites excluding steroid dienone is 2. The van der Waals surface area contributed by atoms with Gasteiger partial charge in [-0.1, -0.05) is 48.6 Å². The van der Waals surface area contributed by atoms with Gasteiger partial charge in [0.2, 0.25) is 0 Å². The second-order valence-corrected chi connectivity index (χ2v) is 8.21. The summed E-state index contributed by atoms with van der Waals surface area (Å²) in [6.45, 7) is 10.4. The van der Waals surface area contributed by atoms with Crippen molar-refractivity contribution in [2.45, 2.75) is 31.8 Å². The molecule has 7 nitrogen and oxygen atoms in total. The van der Waals surface area contributed by atoms with Crippen LogP contribution in [0.1, 0.15) is 24.5 Å². The minimum Gasteiger partial charge on any atom is -0.480 e. The summed E-state index contributed by atoms with van der Waals surface area (Å²) in [6.07, 6.45) is 4.49. The van der Waals surface area contributed by atoms with Gasteiger partial charge in [0.15, 0.2) is 0 Å². The zero-order valence-electron chi connectivity index (χ0n) is 18.1. The van der Waals surface area contributed by atoms with Gasteiger partial charge in [0.25, 0.3) is 0 Å². The van der Waals surface area contributed by atoms with Crippen molar-refractivity contribution in [2.24, 2.45) is 5.73 Å². The van der Waals surface area contributed by atoms with E-state index in [0.717, 1.165) is 29.1 Å². The molecule has 2 atom stereocenters. The van der Waals surface area contributed by atoms with E-state index in [1.54, 1.807) is 6.08 Å². The number of aryl methyl sites for hydroxylation is 1. The summed E-state index contributed by atoms with van der Waals surface area (Å²) in [5.74, 6) is 0.111. The van der Waals surface area contributed by atoms with Crippen LogP contribution in [-0.2, 0) is 10.3 Å². The lowest BCUT2D eigenvalue weighted by molar-refractivity contribution is -0.144. The predicted molar refractivity (Wildman–Crippen MR) is 119 cm³/mol. The fourth-order valence-electron chi connectivity index (χ4n) is 4.29. The molecule has 1 fully saturated rings. The van der Waals surface area contributed by atoms with Crippen LogP contribution in [0.25, 0.3) is 0 Å². The van der Waals surface area contributed by atoms with Crippen molar-refractivity contribution in [1.29, 1.82) is 0 Å². The van der Waals surface area contributed by atoms with Crippen LogP contribution in [0, 0.1) is 6.92 Å². The summed E-state index contributed by atoms with van der Waals surface area (Å²) < 4.78 is 0. The Bertz CT molecular complexity index is 861. The number of benzene rings is 1. The molecule has 1 saturated heterocycles. The van der Waals surface area contributed by atoms with Gasteiger partial charge in [-0.15, -0.1) is 0 Å². The van der Waals surface area contributed by atoms with Gasteiger partial charge in [0.05, 0.1) is 5.54 Å². The van der Waals surface area contributed by atoms with Crippen LogP contribution in [0.3, 0.4) is 0 Å². The molecule has 30 heavy (non-hydrogen) atoms. The zero-order chi connectivity index (χ0) is 21.9. The monoisotopic (exact) mass is 411 g/mol. The molecule has 3 rings (SSSR count). The first kappa shape index (κ1) is 22.1. The Balaban J connectivity index is 2.11. The Morgan fingerprint density at radius 1 is 1.37 bits per heavy atom. The van der Waals surface area contributed by atoms with E-state index in [-0.39, 0.29) is 0 Å². The molecule has 0 amide bonds. The minimum absolute atomic E-state index is 0.410. The minimum atomic E-state index is -0.805. The van der Waals surface area contributed by atoms with Gasteiger partial charge >= 0.3 is 5.97 Å². The van der Waals surface area contributed by atoms with Crippen molar-refractivity contribution in [3.63, 3.8) is 0 Å². The number of likely N-dealkylation sites (N-methyl/N-ethyl adjacent to an activating group) is 1. The highest BCUT2D eigenvalue weighted by Crippen LogP contribution is 2.40. The first-order valence-corrected chi connectivity index (χ1v) is 10.4. The van der Waals surface area contributed by atoms with Gasteiger partial charge in [-0.25, -0.2) is 5.43 Å². The second-order valence-electron chi connectivity index (χ2n) is 8.21. The number of hydrogen-bond donors (Lipinski definition) is 4. The number of rotatable bonds is 7. The van der Waals surface area contributed by atoms with Crippen LogP contribution in [0.4, 0.5) is 0 Å². The molecule has 7 heteroatoms. The standard InChI is InChI=1S/C23H33N5O2/c1-5-6-17(11-12-24)20-21(28-14-13-27(4)19(15-28)22(29)30)25-26-23(20,3)18-9-7-16(2)8-10-18/h5-10,19,25-26H,1,11-15,24H2,2-4H3,(H,29,30)/b17-6+. The number of carboxylic acids is 1. The quantitative estimate of drug-likeness (QED) is 0.507. The number of carboxylic acid groups (broad SMARTS) is 1. The molecule has 0 bridgehead atoms. The van der Waals surface area contributed by atoms with Gasteiger partial charge in [-0.2, -0.15) is 0 Å². The number of nitrogens with zero attached hydrogens (tertiary/aromatic N) is 2. The van der Waals surface area contributed by atoms with E-state index in [1.807, 2.05) is 18.0 Å². The number of nitrogens with one attached hydrogen (secondary N) is 2. The highest BCUT2D eigenvalue weighted by molar-refractivity contribution is 5.74. The average Bonchev–Trinajstić information content (AvgIpc) is 3.06. The van der Waals surface area contributed by atoms with Crippen LogP contribution in [-0.4, -0.2) is 60.1 Å². The largest absolute Gasteiger partial charge is 0.480 e. The van der Waals surface area contributed by atoms with Crippen molar-refractivity contribution in [2.75, 3.05) is 33.2 Å². The Hall–Kier alpha value is -2.61. The molecule has 2 aliphatic rings. The third-order valence-corrected chi connectivity index (χ3v) is 6.10. The summed E-state index contributed by atoms with van der Waals surface area (Å²) in [7, 11) is 1.86. The smallest absolute Gasteiger partial charge is 0.322 e. The molecule has 0 radical (unpaired) electrons. The third kappa shape index (κ3) is 4.14. The topological polar surface area (TPSA) is 93.9 Å². The van der Waals surface area contributed by atoms with E-state index in [4.69, 9.17) is 5.73 Å². The van der Waals surface area contributed by atoms with Gasteiger partial charge in [-0.05, 0) is 45.0 Å². The average molecular weight is 412 g/mol. The molecule has 2 aliphatic heterocycles. The number of carbonyl (C=O) groups is 1. The molecule has 162 valence electrons. The van der Waals surface area contributed by atoms with Crippen molar-refractivity contribution < 1.29 is 9.90 Å². The fraction of sp³-hybridized carbons (Fsp3) is 0.435. The molecule has 0 aromatic heterocycles. The van der Waals surface area contributed by atoms with Crippen molar-refractivity contribution in [3.05, 3.63) is 71.1 Å².